The van der Waals surface area contributed by atoms with E-state index >= 15 is 0 Å². The van der Waals surface area contributed by atoms with Crippen molar-refractivity contribution in [3.8, 4) is 5.75 Å². The number of unbranched alkanes of at least 4 members (excludes halogenated alkanes) is 2. The largest absolute Gasteiger partial charge is 0.497 e. The van der Waals surface area contributed by atoms with E-state index in [0.29, 0.717) is 12.0 Å². The summed E-state index contributed by atoms with van der Waals surface area (Å²) < 4.78 is 33.2. The minimum absolute atomic E-state index is 0.175. The molecule has 0 radical (unpaired) electrons. The topological polar surface area (TPSA) is 34.0 Å². The van der Waals surface area contributed by atoms with Gasteiger partial charge in [0.25, 0.3) is 0 Å². The maximum absolute atomic E-state index is 14.1. The first-order valence-corrected chi connectivity index (χ1v) is 8.32. The van der Waals surface area contributed by atoms with E-state index in [1.807, 2.05) is 12.1 Å². The molecule has 2 rings (SSSR count). The van der Waals surface area contributed by atoms with Crippen LogP contribution in [-0.2, 0) is 6.42 Å². The fourth-order valence-corrected chi connectivity index (χ4v) is 2.36. The molecule has 0 amide bonds. The van der Waals surface area contributed by atoms with Crippen LogP contribution in [0.3, 0.4) is 0 Å². The minimum Gasteiger partial charge on any atom is -0.497 e. The Bertz CT molecular complexity index is 717. The van der Waals surface area contributed by atoms with Crippen LogP contribution in [0.1, 0.15) is 42.9 Å². The molecule has 0 aromatic heterocycles. The van der Waals surface area contributed by atoms with E-state index in [-0.39, 0.29) is 5.56 Å². The van der Waals surface area contributed by atoms with Gasteiger partial charge in [-0.25, -0.2) is 8.78 Å². The molecule has 2 aromatic rings. The molecule has 25 heavy (non-hydrogen) atoms. The molecule has 132 valence electrons. The van der Waals surface area contributed by atoms with Gasteiger partial charge in [-0.3, -0.25) is 0 Å². The number of benzene rings is 2. The van der Waals surface area contributed by atoms with Gasteiger partial charge in [0, 0.05) is 0 Å². The molecular weight excluding hydrogens is 322 g/mol. The zero-order valence-corrected chi connectivity index (χ0v) is 14.5. The van der Waals surface area contributed by atoms with Gasteiger partial charge in [-0.15, -0.1) is 0 Å². The highest BCUT2D eigenvalue weighted by Gasteiger charge is 2.09. The lowest BCUT2D eigenvalue weighted by atomic mass is 10.0. The number of aryl methyl sites for hydroxylation is 1. The van der Waals surface area contributed by atoms with Crippen LogP contribution in [0, 0.1) is 11.6 Å². The molecule has 5 heteroatoms. The average molecular weight is 344 g/mol. The van der Waals surface area contributed by atoms with Crippen molar-refractivity contribution in [2.24, 2.45) is 10.2 Å². The summed E-state index contributed by atoms with van der Waals surface area (Å²) in [6.45, 7) is 2.09. The number of rotatable bonds is 8. The minimum atomic E-state index is -0.616. The van der Waals surface area contributed by atoms with Crippen molar-refractivity contribution >= 4 is 12.4 Å². The summed E-state index contributed by atoms with van der Waals surface area (Å²) in [5.41, 5.74) is 1.30. The molecule has 0 N–H and O–H groups in total. The highest BCUT2D eigenvalue weighted by Crippen LogP contribution is 2.16. The number of halogens is 2. The molecule has 0 bridgehead atoms. The summed E-state index contributed by atoms with van der Waals surface area (Å²) >= 11 is 0. The van der Waals surface area contributed by atoms with Crippen molar-refractivity contribution in [3.63, 3.8) is 0 Å². The van der Waals surface area contributed by atoms with Crippen LogP contribution >= 0.6 is 0 Å². The highest BCUT2D eigenvalue weighted by atomic mass is 19.1. The Kier molecular flexibility index (Phi) is 7.26. The van der Waals surface area contributed by atoms with E-state index in [1.54, 1.807) is 19.2 Å². The van der Waals surface area contributed by atoms with Gasteiger partial charge in [-0.2, -0.15) is 10.2 Å². The molecule has 3 nitrogen and oxygen atoms in total. The highest BCUT2D eigenvalue weighted by molar-refractivity contribution is 5.83. The maximum atomic E-state index is 14.1. The Labute approximate surface area is 147 Å². The first-order valence-electron chi connectivity index (χ1n) is 8.32. The third kappa shape index (κ3) is 5.78. The van der Waals surface area contributed by atoms with Gasteiger partial charge < -0.3 is 4.74 Å². The van der Waals surface area contributed by atoms with E-state index < -0.39 is 11.6 Å². The van der Waals surface area contributed by atoms with Crippen LogP contribution in [0.4, 0.5) is 8.78 Å². The van der Waals surface area contributed by atoms with Crippen molar-refractivity contribution in [1.29, 1.82) is 0 Å². The third-order valence-corrected chi connectivity index (χ3v) is 3.78. The first-order chi connectivity index (χ1) is 12.1. The molecule has 0 aliphatic heterocycles. The van der Waals surface area contributed by atoms with Gasteiger partial charge >= 0.3 is 0 Å². The monoisotopic (exact) mass is 344 g/mol. The maximum Gasteiger partial charge on any atom is 0.135 e. The summed E-state index contributed by atoms with van der Waals surface area (Å²) in [5, 5.41) is 7.57. The van der Waals surface area contributed by atoms with Crippen LogP contribution in [0.15, 0.2) is 46.6 Å². The van der Waals surface area contributed by atoms with Gasteiger partial charge in [0.1, 0.15) is 17.4 Å². The Morgan fingerprint density at radius 2 is 1.60 bits per heavy atom. The lowest BCUT2D eigenvalue weighted by molar-refractivity contribution is 0.415. The predicted molar refractivity (Wildman–Crippen MR) is 97.8 cm³/mol. The fourth-order valence-electron chi connectivity index (χ4n) is 2.36. The molecule has 0 fully saturated rings. The number of hydrogen-bond acceptors (Lipinski definition) is 3. The molecule has 0 aliphatic rings. The third-order valence-electron chi connectivity index (χ3n) is 3.78. The van der Waals surface area contributed by atoms with Gasteiger partial charge in [0.2, 0.25) is 0 Å². The van der Waals surface area contributed by atoms with E-state index in [9.17, 15) is 8.78 Å². The molecule has 0 aliphatic carbocycles. The Balaban J connectivity index is 2.03. The molecular formula is C20H22F2N2O. The quantitative estimate of drug-likeness (QED) is 0.370. The number of nitrogens with zero attached hydrogens (tertiary/aromatic N) is 2. The Morgan fingerprint density at radius 3 is 2.20 bits per heavy atom. The second-order valence-electron chi connectivity index (χ2n) is 5.69. The SMILES string of the molecule is CCCCCc1cc(F)c(C=NN=Cc2ccc(OC)cc2)c(F)c1. The zero-order chi connectivity index (χ0) is 18.1. The fraction of sp³-hybridized carbons (Fsp3) is 0.300. The van der Waals surface area contributed by atoms with Crippen molar-refractivity contribution in [3.05, 3.63) is 64.7 Å². The van der Waals surface area contributed by atoms with Crippen LogP contribution in [-0.4, -0.2) is 19.5 Å². The number of methoxy groups -OCH3 is 1. The second kappa shape index (κ2) is 9.67. The number of ether oxygens (including phenoxy) is 1. The molecule has 0 spiro atoms. The molecule has 0 atom stereocenters. The van der Waals surface area contributed by atoms with Gasteiger partial charge in [0.15, 0.2) is 0 Å². The van der Waals surface area contributed by atoms with E-state index in [0.717, 1.165) is 36.8 Å². The molecule has 0 heterocycles. The normalized spacial score (nSPS) is 11.5. The van der Waals surface area contributed by atoms with Crippen LogP contribution in [0.25, 0.3) is 0 Å². The van der Waals surface area contributed by atoms with Crippen LogP contribution < -0.4 is 4.74 Å². The summed E-state index contributed by atoms with van der Waals surface area (Å²) in [6.07, 6.45) is 6.32. The summed E-state index contributed by atoms with van der Waals surface area (Å²) in [4.78, 5) is 0. The lowest BCUT2D eigenvalue weighted by Crippen LogP contribution is -1.98. The van der Waals surface area contributed by atoms with Crippen molar-refractivity contribution in [1.82, 2.24) is 0 Å². The summed E-state index contributed by atoms with van der Waals surface area (Å²) in [5.74, 6) is -0.492. The predicted octanol–water partition coefficient (Wildman–Crippen LogP) is 5.16. The second-order valence-corrected chi connectivity index (χ2v) is 5.69. The van der Waals surface area contributed by atoms with Gasteiger partial charge in [-0.1, -0.05) is 19.8 Å². The van der Waals surface area contributed by atoms with Crippen LogP contribution in [0.5, 0.6) is 5.75 Å². The zero-order valence-electron chi connectivity index (χ0n) is 14.5. The molecule has 0 unspecified atom stereocenters. The first kappa shape index (κ1) is 18.8. The van der Waals surface area contributed by atoms with Crippen molar-refractivity contribution in [2.75, 3.05) is 7.11 Å². The van der Waals surface area contributed by atoms with Gasteiger partial charge in [0.05, 0.1) is 25.1 Å². The van der Waals surface area contributed by atoms with E-state index in [1.165, 1.54) is 18.3 Å². The van der Waals surface area contributed by atoms with E-state index in [2.05, 4.69) is 17.1 Å². The van der Waals surface area contributed by atoms with Crippen molar-refractivity contribution in [2.45, 2.75) is 32.6 Å². The van der Waals surface area contributed by atoms with E-state index in [4.69, 9.17) is 4.74 Å². The van der Waals surface area contributed by atoms with Crippen molar-refractivity contribution < 1.29 is 13.5 Å². The van der Waals surface area contributed by atoms with Crippen LogP contribution in [0.2, 0.25) is 0 Å². The van der Waals surface area contributed by atoms with Gasteiger partial charge in [-0.05, 0) is 60.4 Å². The Morgan fingerprint density at radius 1 is 0.960 bits per heavy atom. The number of hydrogen-bond donors (Lipinski definition) is 0. The molecule has 0 saturated heterocycles. The summed E-state index contributed by atoms with van der Waals surface area (Å²) in [7, 11) is 1.59. The Hall–Kier alpha value is -2.56. The average Bonchev–Trinajstić information content (AvgIpc) is 2.61. The lowest BCUT2D eigenvalue weighted by Gasteiger charge is -2.04. The summed E-state index contributed by atoms with van der Waals surface area (Å²) in [6, 6.07) is 9.94. The standard InChI is InChI=1S/C20H22F2N2O/c1-3-4-5-6-16-11-19(21)18(20(22)12-16)14-24-23-13-15-7-9-17(25-2)10-8-15/h7-14H,3-6H2,1-2H3. The smallest absolute Gasteiger partial charge is 0.135 e. The molecule has 0 saturated carbocycles. The molecule has 2 aromatic carbocycles.